The van der Waals surface area contributed by atoms with Crippen LogP contribution in [-0.2, 0) is 11.2 Å². The lowest BCUT2D eigenvalue weighted by Crippen LogP contribution is -2.34. The summed E-state index contributed by atoms with van der Waals surface area (Å²) in [6, 6.07) is 8.04. The van der Waals surface area contributed by atoms with Crippen LogP contribution in [0.3, 0.4) is 0 Å². The third-order valence-electron chi connectivity index (χ3n) is 3.32. The molecular weight excluding hydrogens is 291 g/mol. The topological polar surface area (TPSA) is 42.0 Å². The molecule has 1 aromatic heterocycles. The molecule has 0 unspecified atom stereocenters. The van der Waals surface area contributed by atoms with Gasteiger partial charge in [-0.2, -0.15) is 0 Å². The smallest absolute Gasteiger partial charge is 0.147 e. The van der Waals surface area contributed by atoms with Crippen molar-refractivity contribution in [2.75, 3.05) is 7.05 Å². The Balaban J connectivity index is 2.18. The summed E-state index contributed by atoms with van der Waals surface area (Å²) in [5.74, 6) is -0.359. The normalized spacial score (nSPS) is 12.2. The number of Topliss-reactive ketones (excluding diaryl/α,β-unsaturated/α-hetero) is 1. The van der Waals surface area contributed by atoms with Crippen molar-refractivity contribution >= 4 is 17.4 Å². The van der Waals surface area contributed by atoms with Gasteiger partial charge in [0.2, 0.25) is 0 Å². The van der Waals surface area contributed by atoms with Crippen LogP contribution in [0.2, 0.25) is 5.02 Å². The first-order chi connectivity index (χ1) is 10.0. The van der Waals surface area contributed by atoms with Gasteiger partial charge in [-0.25, -0.2) is 4.39 Å². The number of carbonyl (C=O) groups excluding carboxylic acids is 1. The van der Waals surface area contributed by atoms with E-state index in [2.05, 4.69) is 10.3 Å². The number of pyridine rings is 1. The Labute approximate surface area is 128 Å². The van der Waals surface area contributed by atoms with E-state index in [1.165, 1.54) is 6.07 Å². The SMILES string of the molecule is CN[C@@H](Cc1ccc(-c2ccc(F)c(Cl)c2)nc1)C(C)=O. The number of hydrogen-bond donors (Lipinski definition) is 1. The molecule has 0 aliphatic heterocycles. The van der Waals surface area contributed by atoms with Crippen LogP contribution in [-0.4, -0.2) is 23.9 Å². The molecule has 110 valence electrons. The summed E-state index contributed by atoms with van der Waals surface area (Å²) in [7, 11) is 1.76. The molecule has 1 aromatic carbocycles. The summed E-state index contributed by atoms with van der Waals surface area (Å²) >= 11 is 5.77. The van der Waals surface area contributed by atoms with E-state index in [-0.39, 0.29) is 16.8 Å². The van der Waals surface area contributed by atoms with Gasteiger partial charge >= 0.3 is 0 Å². The average Bonchev–Trinajstić information content (AvgIpc) is 2.48. The van der Waals surface area contributed by atoms with E-state index in [4.69, 9.17) is 11.6 Å². The summed E-state index contributed by atoms with van der Waals surface area (Å²) in [6.45, 7) is 1.56. The molecule has 0 amide bonds. The molecule has 2 rings (SSSR count). The van der Waals surface area contributed by atoms with Crippen LogP contribution < -0.4 is 5.32 Å². The fourth-order valence-electron chi connectivity index (χ4n) is 2.06. The molecule has 1 heterocycles. The maximum atomic E-state index is 13.1. The molecule has 1 atom stereocenters. The first kappa shape index (κ1) is 15.6. The number of benzene rings is 1. The van der Waals surface area contributed by atoms with Crippen molar-refractivity contribution in [3.63, 3.8) is 0 Å². The van der Waals surface area contributed by atoms with Gasteiger partial charge in [0.1, 0.15) is 11.6 Å². The van der Waals surface area contributed by atoms with Gasteiger partial charge in [-0.3, -0.25) is 9.78 Å². The second-order valence-electron chi connectivity index (χ2n) is 4.84. The fourth-order valence-corrected chi connectivity index (χ4v) is 2.24. The predicted octanol–water partition coefficient (Wildman–Crippen LogP) is 3.26. The van der Waals surface area contributed by atoms with E-state index < -0.39 is 5.82 Å². The lowest BCUT2D eigenvalue weighted by molar-refractivity contribution is -0.118. The predicted molar refractivity (Wildman–Crippen MR) is 81.9 cm³/mol. The first-order valence-electron chi connectivity index (χ1n) is 6.59. The summed E-state index contributed by atoms with van der Waals surface area (Å²) in [5.41, 5.74) is 2.43. The van der Waals surface area contributed by atoms with Crippen LogP contribution in [0.25, 0.3) is 11.3 Å². The zero-order valence-corrected chi connectivity index (χ0v) is 12.6. The van der Waals surface area contributed by atoms with Crippen molar-refractivity contribution < 1.29 is 9.18 Å². The Hall–Kier alpha value is -1.78. The minimum Gasteiger partial charge on any atom is -0.310 e. The second kappa shape index (κ2) is 6.78. The number of halogens is 2. The summed E-state index contributed by atoms with van der Waals surface area (Å²) in [6.07, 6.45) is 2.31. The maximum absolute atomic E-state index is 13.1. The third kappa shape index (κ3) is 3.86. The van der Waals surface area contributed by atoms with Gasteiger partial charge in [-0.15, -0.1) is 0 Å². The second-order valence-corrected chi connectivity index (χ2v) is 5.24. The Kier molecular flexibility index (Phi) is 5.04. The van der Waals surface area contributed by atoms with E-state index >= 15 is 0 Å². The summed E-state index contributed by atoms with van der Waals surface area (Å²) in [4.78, 5) is 15.8. The molecule has 5 heteroatoms. The summed E-state index contributed by atoms with van der Waals surface area (Å²) in [5, 5.41) is 3.05. The zero-order chi connectivity index (χ0) is 15.4. The van der Waals surface area contributed by atoms with Crippen molar-refractivity contribution in [3.8, 4) is 11.3 Å². The van der Waals surface area contributed by atoms with Gasteiger partial charge in [0, 0.05) is 11.8 Å². The largest absolute Gasteiger partial charge is 0.310 e. The highest BCUT2D eigenvalue weighted by molar-refractivity contribution is 6.31. The molecule has 0 saturated carbocycles. The number of aromatic nitrogens is 1. The van der Waals surface area contributed by atoms with Crippen LogP contribution >= 0.6 is 11.6 Å². The average molecular weight is 307 g/mol. The number of nitrogens with one attached hydrogen (secondary N) is 1. The van der Waals surface area contributed by atoms with E-state index in [0.29, 0.717) is 12.1 Å². The Bertz CT molecular complexity index is 643. The molecule has 0 aliphatic carbocycles. The first-order valence-corrected chi connectivity index (χ1v) is 6.97. The number of carbonyl (C=O) groups is 1. The lowest BCUT2D eigenvalue weighted by atomic mass is 10.0. The third-order valence-corrected chi connectivity index (χ3v) is 3.61. The van der Waals surface area contributed by atoms with Crippen LogP contribution in [0.5, 0.6) is 0 Å². The standard InChI is InChI=1S/C16H16ClFN2O/c1-10(21)16(19-2)7-11-3-6-15(20-9-11)12-4-5-14(18)13(17)8-12/h3-6,8-9,16,19H,7H2,1-2H3/t16-/m0/s1. The van der Waals surface area contributed by atoms with Gasteiger partial charge in [-0.1, -0.05) is 17.7 Å². The van der Waals surface area contributed by atoms with Crippen molar-refractivity contribution in [2.45, 2.75) is 19.4 Å². The molecule has 0 spiro atoms. The Morgan fingerprint density at radius 3 is 2.67 bits per heavy atom. The van der Waals surface area contributed by atoms with Crippen molar-refractivity contribution in [1.82, 2.24) is 10.3 Å². The molecule has 0 bridgehead atoms. The van der Waals surface area contributed by atoms with Gasteiger partial charge in [0.05, 0.1) is 16.8 Å². The maximum Gasteiger partial charge on any atom is 0.147 e. The minimum atomic E-state index is -0.449. The Morgan fingerprint density at radius 2 is 2.14 bits per heavy atom. The van der Waals surface area contributed by atoms with Crippen LogP contribution in [0.4, 0.5) is 4.39 Å². The number of ketones is 1. The molecule has 0 saturated heterocycles. The molecule has 3 nitrogen and oxygen atoms in total. The number of nitrogens with zero attached hydrogens (tertiary/aromatic N) is 1. The number of likely N-dealkylation sites (N-methyl/N-ethyl adjacent to an activating group) is 1. The highest BCUT2D eigenvalue weighted by Crippen LogP contribution is 2.23. The van der Waals surface area contributed by atoms with Crippen LogP contribution in [0.1, 0.15) is 12.5 Å². The fraction of sp³-hybridized carbons (Fsp3) is 0.250. The van der Waals surface area contributed by atoms with E-state index in [0.717, 1.165) is 11.1 Å². The highest BCUT2D eigenvalue weighted by atomic mass is 35.5. The van der Waals surface area contributed by atoms with Crippen molar-refractivity contribution in [1.29, 1.82) is 0 Å². The molecule has 0 radical (unpaired) electrons. The Morgan fingerprint density at radius 1 is 1.38 bits per heavy atom. The summed E-state index contributed by atoms with van der Waals surface area (Å²) < 4.78 is 13.1. The molecular formula is C16H16ClFN2O. The molecule has 21 heavy (non-hydrogen) atoms. The highest BCUT2D eigenvalue weighted by Gasteiger charge is 2.12. The van der Waals surface area contributed by atoms with Crippen molar-refractivity contribution in [2.24, 2.45) is 0 Å². The molecule has 0 fully saturated rings. The van der Waals surface area contributed by atoms with E-state index in [1.807, 2.05) is 12.1 Å². The van der Waals surface area contributed by atoms with E-state index in [1.54, 1.807) is 32.3 Å². The minimum absolute atomic E-state index is 0.0743. The quantitative estimate of drug-likeness (QED) is 0.922. The zero-order valence-electron chi connectivity index (χ0n) is 11.9. The lowest BCUT2D eigenvalue weighted by Gasteiger charge is -2.12. The van der Waals surface area contributed by atoms with Crippen LogP contribution in [0, 0.1) is 5.82 Å². The molecule has 2 aromatic rings. The molecule has 1 N–H and O–H groups in total. The van der Waals surface area contributed by atoms with Gasteiger partial charge < -0.3 is 5.32 Å². The van der Waals surface area contributed by atoms with Gasteiger partial charge in [0.25, 0.3) is 0 Å². The number of rotatable bonds is 5. The van der Waals surface area contributed by atoms with Gasteiger partial charge in [-0.05, 0) is 50.2 Å². The monoisotopic (exact) mass is 306 g/mol. The van der Waals surface area contributed by atoms with Gasteiger partial charge in [0.15, 0.2) is 0 Å². The van der Waals surface area contributed by atoms with Crippen molar-refractivity contribution in [3.05, 3.63) is 52.9 Å². The van der Waals surface area contributed by atoms with Crippen LogP contribution in [0.15, 0.2) is 36.5 Å². The molecule has 0 aliphatic rings. The number of hydrogen-bond acceptors (Lipinski definition) is 3. The van der Waals surface area contributed by atoms with E-state index in [9.17, 15) is 9.18 Å².